The van der Waals surface area contributed by atoms with Crippen LogP contribution in [0.2, 0.25) is 0 Å². The molecule has 1 aromatic carbocycles. The Bertz CT molecular complexity index is 449. The van der Waals surface area contributed by atoms with Crippen molar-refractivity contribution in [3.05, 3.63) is 29.8 Å². The molecule has 1 fully saturated rings. The van der Waals surface area contributed by atoms with Crippen molar-refractivity contribution in [2.45, 2.75) is 44.4 Å². The third-order valence-corrected chi connectivity index (χ3v) is 4.87. The topological polar surface area (TPSA) is 47.7 Å². The summed E-state index contributed by atoms with van der Waals surface area (Å²) in [6.45, 7) is 5.86. The molecule has 3 atom stereocenters. The Morgan fingerprint density at radius 3 is 2.52 bits per heavy atom. The maximum atomic E-state index is 6.12. The maximum absolute atomic E-state index is 6.12. The first-order valence-corrected chi connectivity index (χ1v) is 7.67. The molecule has 1 aliphatic rings. The number of likely N-dealkylation sites (N-methyl/N-ethyl adjacent to an activating group) is 1. The number of hydrogen-bond acceptors (Lipinski definition) is 4. The molecule has 1 aliphatic heterocycles. The minimum Gasteiger partial charge on any atom is -0.497 e. The standard InChI is InChI=1S/C17H28N2O2/c1-13-16(9-10-21-13)19(3)17(2,12-18)11-14-5-7-15(20-4)8-6-14/h5-8,13,16H,9-12,18H2,1-4H3. The van der Waals surface area contributed by atoms with Crippen LogP contribution in [0.25, 0.3) is 0 Å². The van der Waals surface area contributed by atoms with Gasteiger partial charge in [-0.15, -0.1) is 0 Å². The Labute approximate surface area is 128 Å². The molecule has 0 amide bonds. The summed E-state index contributed by atoms with van der Waals surface area (Å²) < 4.78 is 10.9. The van der Waals surface area contributed by atoms with E-state index in [1.165, 1.54) is 5.56 Å². The van der Waals surface area contributed by atoms with Gasteiger partial charge < -0.3 is 15.2 Å². The monoisotopic (exact) mass is 292 g/mol. The van der Waals surface area contributed by atoms with Crippen molar-refractivity contribution in [2.24, 2.45) is 5.73 Å². The Morgan fingerprint density at radius 2 is 2.05 bits per heavy atom. The molecule has 3 unspecified atom stereocenters. The maximum Gasteiger partial charge on any atom is 0.118 e. The van der Waals surface area contributed by atoms with Crippen molar-refractivity contribution < 1.29 is 9.47 Å². The molecule has 1 aromatic rings. The van der Waals surface area contributed by atoms with Crippen LogP contribution < -0.4 is 10.5 Å². The summed E-state index contributed by atoms with van der Waals surface area (Å²) in [6.07, 6.45) is 2.28. The second kappa shape index (κ2) is 6.77. The molecule has 1 saturated heterocycles. The predicted molar refractivity (Wildman–Crippen MR) is 85.7 cm³/mol. The van der Waals surface area contributed by atoms with Crippen molar-refractivity contribution in [3.63, 3.8) is 0 Å². The van der Waals surface area contributed by atoms with Crippen LogP contribution >= 0.6 is 0 Å². The average Bonchev–Trinajstić information content (AvgIpc) is 2.93. The predicted octanol–water partition coefficient (Wildman–Crippen LogP) is 2.06. The molecule has 1 heterocycles. The second-order valence-corrected chi connectivity index (χ2v) is 6.27. The van der Waals surface area contributed by atoms with Gasteiger partial charge >= 0.3 is 0 Å². The quantitative estimate of drug-likeness (QED) is 0.872. The second-order valence-electron chi connectivity index (χ2n) is 6.27. The van der Waals surface area contributed by atoms with E-state index in [1.807, 2.05) is 12.1 Å². The molecule has 0 bridgehead atoms. The Hall–Kier alpha value is -1.10. The van der Waals surface area contributed by atoms with Gasteiger partial charge in [-0.3, -0.25) is 4.90 Å². The number of ether oxygens (including phenoxy) is 2. The Morgan fingerprint density at radius 1 is 1.38 bits per heavy atom. The number of rotatable bonds is 6. The lowest BCUT2D eigenvalue weighted by atomic mass is 9.89. The highest BCUT2D eigenvalue weighted by atomic mass is 16.5. The van der Waals surface area contributed by atoms with Crippen LogP contribution in [0, 0.1) is 0 Å². The van der Waals surface area contributed by atoms with Crippen molar-refractivity contribution >= 4 is 0 Å². The van der Waals surface area contributed by atoms with Gasteiger partial charge in [0.2, 0.25) is 0 Å². The van der Waals surface area contributed by atoms with E-state index in [1.54, 1.807) is 7.11 Å². The molecule has 0 radical (unpaired) electrons. The van der Waals surface area contributed by atoms with Gasteiger partial charge in [-0.1, -0.05) is 12.1 Å². The zero-order chi connectivity index (χ0) is 15.5. The lowest BCUT2D eigenvalue weighted by Crippen LogP contribution is -2.56. The van der Waals surface area contributed by atoms with E-state index < -0.39 is 0 Å². The summed E-state index contributed by atoms with van der Waals surface area (Å²) in [5, 5.41) is 0. The molecule has 4 nitrogen and oxygen atoms in total. The molecule has 0 saturated carbocycles. The fourth-order valence-corrected chi connectivity index (χ4v) is 3.15. The molecule has 118 valence electrons. The van der Waals surface area contributed by atoms with Gasteiger partial charge in [0.15, 0.2) is 0 Å². The normalized spacial score (nSPS) is 25.0. The molecule has 0 spiro atoms. The smallest absolute Gasteiger partial charge is 0.118 e. The molecule has 2 rings (SSSR count). The first-order chi connectivity index (χ1) is 10.00. The van der Waals surface area contributed by atoms with E-state index in [2.05, 4.69) is 37.9 Å². The summed E-state index contributed by atoms with van der Waals surface area (Å²) in [5.41, 5.74) is 7.33. The van der Waals surface area contributed by atoms with E-state index in [9.17, 15) is 0 Å². The Balaban J connectivity index is 2.11. The third-order valence-electron chi connectivity index (χ3n) is 4.87. The van der Waals surface area contributed by atoms with Gasteiger partial charge in [-0.05, 0) is 51.4 Å². The van der Waals surface area contributed by atoms with E-state index in [0.717, 1.165) is 25.2 Å². The summed E-state index contributed by atoms with van der Waals surface area (Å²) in [5.74, 6) is 0.888. The molecule has 2 N–H and O–H groups in total. The molecule has 0 aliphatic carbocycles. The molecule has 0 aromatic heterocycles. The van der Waals surface area contributed by atoms with Crippen molar-refractivity contribution in [1.82, 2.24) is 4.90 Å². The fourth-order valence-electron chi connectivity index (χ4n) is 3.15. The molecule has 21 heavy (non-hydrogen) atoms. The van der Waals surface area contributed by atoms with Crippen molar-refractivity contribution in [2.75, 3.05) is 27.3 Å². The first-order valence-electron chi connectivity index (χ1n) is 7.67. The van der Waals surface area contributed by atoms with Crippen LogP contribution in [-0.2, 0) is 11.2 Å². The van der Waals surface area contributed by atoms with Gasteiger partial charge in [0, 0.05) is 24.7 Å². The highest BCUT2D eigenvalue weighted by Crippen LogP contribution is 2.28. The van der Waals surface area contributed by atoms with Gasteiger partial charge in [0.05, 0.1) is 13.2 Å². The van der Waals surface area contributed by atoms with Crippen molar-refractivity contribution in [3.8, 4) is 5.75 Å². The zero-order valence-electron chi connectivity index (χ0n) is 13.6. The van der Waals surface area contributed by atoms with Crippen LogP contribution in [-0.4, -0.2) is 49.9 Å². The lowest BCUT2D eigenvalue weighted by molar-refractivity contribution is 0.0361. The van der Waals surface area contributed by atoms with E-state index >= 15 is 0 Å². The van der Waals surface area contributed by atoms with Gasteiger partial charge in [0.25, 0.3) is 0 Å². The Kier molecular flexibility index (Phi) is 5.25. The van der Waals surface area contributed by atoms with Crippen LogP contribution in [0.3, 0.4) is 0 Å². The average molecular weight is 292 g/mol. The fraction of sp³-hybridized carbons (Fsp3) is 0.647. The summed E-state index contributed by atoms with van der Waals surface area (Å²) in [4.78, 5) is 2.41. The molecular formula is C17H28N2O2. The number of hydrogen-bond donors (Lipinski definition) is 1. The van der Waals surface area contributed by atoms with Crippen LogP contribution in [0.4, 0.5) is 0 Å². The highest BCUT2D eigenvalue weighted by molar-refractivity contribution is 5.28. The van der Waals surface area contributed by atoms with Gasteiger partial charge in [-0.25, -0.2) is 0 Å². The largest absolute Gasteiger partial charge is 0.497 e. The zero-order valence-corrected chi connectivity index (χ0v) is 13.6. The molecular weight excluding hydrogens is 264 g/mol. The number of nitrogens with zero attached hydrogens (tertiary/aromatic N) is 1. The van der Waals surface area contributed by atoms with Crippen LogP contribution in [0.1, 0.15) is 25.8 Å². The van der Waals surface area contributed by atoms with Gasteiger partial charge in [0.1, 0.15) is 5.75 Å². The highest BCUT2D eigenvalue weighted by Gasteiger charge is 2.37. The first kappa shape index (κ1) is 16.3. The molecule has 4 heteroatoms. The number of benzene rings is 1. The minimum atomic E-state index is -0.0682. The summed E-state index contributed by atoms with van der Waals surface area (Å²) in [6, 6.07) is 8.70. The lowest BCUT2D eigenvalue weighted by Gasteiger charge is -2.43. The summed E-state index contributed by atoms with van der Waals surface area (Å²) >= 11 is 0. The van der Waals surface area contributed by atoms with Crippen molar-refractivity contribution in [1.29, 1.82) is 0 Å². The third kappa shape index (κ3) is 3.57. The number of methoxy groups -OCH3 is 1. The minimum absolute atomic E-state index is 0.0682. The van der Waals surface area contributed by atoms with Gasteiger partial charge in [-0.2, -0.15) is 0 Å². The van der Waals surface area contributed by atoms with Crippen LogP contribution in [0.5, 0.6) is 5.75 Å². The summed E-state index contributed by atoms with van der Waals surface area (Å²) in [7, 11) is 3.86. The number of nitrogens with two attached hydrogens (primary N) is 1. The van der Waals surface area contributed by atoms with Crippen LogP contribution in [0.15, 0.2) is 24.3 Å². The SMILES string of the molecule is COc1ccc(CC(C)(CN)N(C)C2CCOC2C)cc1. The van der Waals surface area contributed by atoms with E-state index in [4.69, 9.17) is 15.2 Å². The van der Waals surface area contributed by atoms with E-state index in [-0.39, 0.29) is 11.6 Å². The van der Waals surface area contributed by atoms with E-state index in [0.29, 0.717) is 12.6 Å².